The number of allylic oxidation sites excluding steroid dienone is 20. The fourth-order valence-corrected chi connectivity index (χ4v) is 8.17. The lowest BCUT2D eigenvalue weighted by atomic mass is 10.1. The maximum atomic E-state index is 12.9. The number of hydrogen-bond donors (Lipinski definition) is 2. The molecule has 0 aliphatic rings. The second-order valence-corrected chi connectivity index (χ2v) is 20.5. The van der Waals surface area contributed by atoms with E-state index in [0.717, 1.165) is 128 Å². The van der Waals surface area contributed by atoms with Crippen LogP contribution in [0.25, 0.3) is 0 Å². The summed E-state index contributed by atoms with van der Waals surface area (Å²) in [6.07, 6.45) is 70.2. The van der Waals surface area contributed by atoms with E-state index in [0.29, 0.717) is 19.3 Å². The molecule has 12 heteroatoms. The van der Waals surface area contributed by atoms with Crippen LogP contribution >= 0.6 is 7.82 Å². The third-order valence-corrected chi connectivity index (χ3v) is 12.8. The molecule has 11 nitrogen and oxygen atoms in total. The highest BCUT2D eigenvalue weighted by Gasteiger charge is 2.28. The van der Waals surface area contributed by atoms with Gasteiger partial charge in [0.15, 0.2) is 6.10 Å². The normalized spacial score (nSPS) is 14.2. The molecule has 0 amide bonds. The first kappa shape index (κ1) is 71.9. The standard InChI is InChI=1S/C64H105O11P/c1-4-7-10-13-16-19-22-25-28-29-30-31-34-35-38-41-44-47-50-53-62(66)71-57-61(75-64(68)55-52-49-46-43-40-37-33-27-24-21-18-15-12-9-6-3)59-73-76(69,70)72-58-60(56-65)74-63(67)54-51-48-45-42-39-36-32-26-23-20-17-14-11-8-5-2/h7,10,16-21,25-28,30-33,35,38,44,47,60-61,65H,4-6,8-9,11-15,22-24,29,34,36-37,39-43,45-46,48-59H2,1-3H3,(H,69,70)/b10-7-,19-16-,20-17-,21-18-,28-25-,31-30-,32-26-,33-27-,38-35-,47-44-. The molecule has 0 aromatic rings. The summed E-state index contributed by atoms with van der Waals surface area (Å²) in [5.74, 6) is -1.61. The predicted molar refractivity (Wildman–Crippen MR) is 316 cm³/mol. The molecule has 0 aliphatic heterocycles. The van der Waals surface area contributed by atoms with Gasteiger partial charge in [0, 0.05) is 19.3 Å². The number of phosphoric ester groups is 1. The molecule has 0 spiro atoms. The maximum absolute atomic E-state index is 12.9. The molecule has 0 aliphatic carbocycles. The second kappa shape index (κ2) is 57.1. The van der Waals surface area contributed by atoms with Crippen LogP contribution in [0.4, 0.5) is 0 Å². The number of carbonyl (C=O) groups excluding carboxylic acids is 3. The van der Waals surface area contributed by atoms with Crippen LogP contribution < -0.4 is 0 Å². The number of ether oxygens (including phenoxy) is 3. The van der Waals surface area contributed by atoms with Crippen molar-refractivity contribution < 1.29 is 52.2 Å². The third kappa shape index (κ3) is 54.7. The van der Waals surface area contributed by atoms with Crippen molar-refractivity contribution in [1.29, 1.82) is 0 Å². The minimum Gasteiger partial charge on any atom is -0.462 e. The average molecular weight is 1080 g/mol. The summed E-state index contributed by atoms with van der Waals surface area (Å²) in [7, 11) is -4.78. The molecule has 0 radical (unpaired) electrons. The van der Waals surface area contributed by atoms with Gasteiger partial charge in [-0.05, 0) is 122 Å². The van der Waals surface area contributed by atoms with Crippen molar-refractivity contribution in [3.63, 3.8) is 0 Å². The smallest absolute Gasteiger partial charge is 0.462 e. The number of esters is 3. The number of phosphoric acid groups is 1. The molecule has 3 atom stereocenters. The monoisotopic (exact) mass is 1080 g/mol. The quantitative estimate of drug-likeness (QED) is 0.0197. The molecule has 3 unspecified atom stereocenters. The SMILES string of the molecule is CC/C=C\C/C=C\C/C=C\C/C=C\C/C=C\C/C=C\CCC(=O)OCC(COP(=O)(O)OCC(CO)OC(=O)CCCCCCC/C=C\C/C=C\CCCCC)OC(=O)CCCCCCC/C=C\C/C=C\CCCCC. The Hall–Kier alpha value is -4.12. The lowest BCUT2D eigenvalue weighted by molar-refractivity contribution is -0.161. The Balaban J connectivity index is 4.87. The third-order valence-electron chi connectivity index (χ3n) is 11.9. The molecule has 0 rings (SSSR count). The highest BCUT2D eigenvalue weighted by Crippen LogP contribution is 2.43. The van der Waals surface area contributed by atoms with Gasteiger partial charge in [0.25, 0.3) is 0 Å². The molecule has 76 heavy (non-hydrogen) atoms. The van der Waals surface area contributed by atoms with Gasteiger partial charge in [0.2, 0.25) is 0 Å². The summed E-state index contributed by atoms with van der Waals surface area (Å²) in [4.78, 5) is 48.5. The summed E-state index contributed by atoms with van der Waals surface area (Å²) in [5, 5.41) is 9.82. The van der Waals surface area contributed by atoms with E-state index in [4.69, 9.17) is 23.3 Å². The summed E-state index contributed by atoms with van der Waals surface area (Å²) < 4.78 is 39.4. The van der Waals surface area contributed by atoms with E-state index in [1.807, 2.05) is 12.2 Å². The molecular formula is C64H105O11P. The van der Waals surface area contributed by atoms with E-state index < -0.39 is 57.8 Å². The molecule has 2 N–H and O–H groups in total. The van der Waals surface area contributed by atoms with Crippen LogP contribution in [0.3, 0.4) is 0 Å². The number of carbonyl (C=O) groups is 3. The fraction of sp³-hybridized carbons (Fsp3) is 0.641. The molecular weight excluding hydrogens is 976 g/mol. The van der Waals surface area contributed by atoms with Crippen molar-refractivity contribution in [2.45, 2.75) is 238 Å². The minimum atomic E-state index is -4.78. The Labute approximate surface area is 462 Å². The number of aliphatic hydroxyl groups excluding tert-OH is 1. The summed E-state index contributed by atoms with van der Waals surface area (Å²) in [6.45, 7) is 4.35. The first-order chi connectivity index (χ1) is 37.2. The minimum absolute atomic E-state index is 0.0914. The van der Waals surface area contributed by atoms with E-state index in [1.54, 1.807) is 0 Å². The molecule has 0 saturated carbocycles. The molecule has 0 heterocycles. The van der Waals surface area contributed by atoms with Crippen molar-refractivity contribution in [3.8, 4) is 0 Å². The van der Waals surface area contributed by atoms with Crippen molar-refractivity contribution in [2.75, 3.05) is 26.4 Å². The molecule has 0 aromatic heterocycles. The summed E-state index contributed by atoms with van der Waals surface area (Å²) in [5.41, 5.74) is 0. The Morgan fingerprint density at radius 3 is 1.11 bits per heavy atom. The number of unbranched alkanes of at least 4 members (excludes halogenated alkanes) is 16. The van der Waals surface area contributed by atoms with Crippen LogP contribution in [0.5, 0.6) is 0 Å². The zero-order chi connectivity index (χ0) is 55.5. The van der Waals surface area contributed by atoms with Gasteiger partial charge in [-0.25, -0.2) is 4.57 Å². The van der Waals surface area contributed by atoms with Gasteiger partial charge in [-0.1, -0.05) is 206 Å². The lowest BCUT2D eigenvalue weighted by Crippen LogP contribution is -2.30. The molecule has 432 valence electrons. The first-order valence-corrected chi connectivity index (χ1v) is 30.9. The van der Waals surface area contributed by atoms with Crippen LogP contribution in [-0.4, -0.2) is 66.5 Å². The average Bonchev–Trinajstić information content (AvgIpc) is 3.41. The first-order valence-electron chi connectivity index (χ1n) is 29.4. The van der Waals surface area contributed by atoms with Crippen LogP contribution in [0.1, 0.15) is 226 Å². The van der Waals surface area contributed by atoms with Gasteiger partial charge in [0.05, 0.1) is 19.8 Å². The van der Waals surface area contributed by atoms with Crippen molar-refractivity contribution >= 4 is 25.7 Å². The zero-order valence-corrected chi connectivity index (χ0v) is 48.6. The van der Waals surface area contributed by atoms with E-state index in [2.05, 4.69) is 130 Å². The number of rotatable bonds is 53. The number of aliphatic hydroxyl groups is 1. The molecule has 0 saturated heterocycles. The zero-order valence-electron chi connectivity index (χ0n) is 47.7. The Morgan fingerprint density at radius 2 is 0.711 bits per heavy atom. The highest BCUT2D eigenvalue weighted by atomic mass is 31.2. The highest BCUT2D eigenvalue weighted by molar-refractivity contribution is 7.47. The van der Waals surface area contributed by atoms with E-state index in [-0.39, 0.29) is 25.9 Å². The topological polar surface area (TPSA) is 155 Å². The summed E-state index contributed by atoms with van der Waals surface area (Å²) >= 11 is 0. The predicted octanol–water partition coefficient (Wildman–Crippen LogP) is 17.6. The maximum Gasteiger partial charge on any atom is 0.472 e. The number of hydrogen-bond acceptors (Lipinski definition) is 10. The Bertz CT molecular complexity index is 1740. The Morgan fingerprint density at radius 1 is 0.382 bits per heavy atom. The molecule has 0 aromatic carbocycles. The van der Waals surface area contributed by atoms with Crippen LogP contribution in [0.2, 0.25) is 0 Å². The van der Waals surface area contributed by atoms with Crippen LogP contribution in [0, 0.1) is 0 Å². The lowest BCUT2D eigenvalue weighted by Gasteiger charge is -2.21. The van der Waals surface area contributed by atoms with Crippen LogP contribution in [0.15, 0.2) is 122 Å². The summed E-state index contributed by atoms with van der Waals surface area (Å²) in [6, 6.07) is 0. The van der Waals surface area contributed by atoms with Gasteiger partial charge in [-0.3, -0.25) is 23.4 Å². The Kier molecular flexibility index (Phi) is 54.0. The van der Waals surface area contributed by atoms with Crippen LogP contribution in [-0.2, 0) is 42.2 Å². The molecule has 0 bridgehead atoms. The van der Waals surface area contributed by atoms with E-state index >= 15 is 0 Å². The van der Waals surface area contributed by atoms with Crippen molar-refractivity contribution in [2.24, 2.45) is 0 Å². The fourth-order valence-electron chi connectivity index (χ4n) is 7.38. The van der Waals surface area contributed by atoms with Crippen molar-refractivity contribution in [1.82, 2.24) is 0 Å². The van der Waals surface area contributed by atoms with Crippen molar-refractivity contribution in [3.05, 3.63) is 122 Å². The largest absolute Gasteiger partial charge is 0.472 e. The van der Waals surface area contributed by atoms with E-state index in [9.17, 15) is 28.9 Å². The molecule has 0 fully saturated rings. The van der Waals surface area contributed by atoms with Gasteiger partial charge in [-0.2, -0.15) is 0 Å². The second-order valence-electron chi connectivity index (χ2n) is 19.1. The van der Waals surface area contributed by atoms with Gasteiger partial charge < -0.3 is 24.2 Å². The van der Waals surface area contributed by atoms with Gasteiger partial charge in [0.1, 0.15) is 12.7 Å². The van der Waals surface area contributed by atoms with E-state index in [1.165, 1.54) is 38.5 Å². The van der Waals surface area contributed by atoms with Gasteiger partial charge >= 0.3 is 25.7 Å². The van der Waals surface area contributed by atoms with Gasteiger partial charge in [-0.15, -0.1) is 0 Å².